The van der Waals surface area contributed by atoms with Gasteiger partial charge in [0.15, 0.2) is 0 Å². The number of nitrogens with one attached hydrogen (secondary N) is 1. The Morgan fingerprint density at radius 3 is 2.65 bits per heavy atom. The number of hydrogen-bond donors (Lipinski definition) is 1. The second-order valence-corrected chi connectivity index (χ2v) is 5.71. The van der Waals surface area contributed by atoms with E-state index in [0.717, 1.165) is 10.9 Å². The van der Waals surface area contributed by atoms with Gasteiger partial charge in [-0.05, 0) is 38.0 Å². The van der Waals surface area contributed by atoms with Crippen LogP contribution in [-0.2, 0) is 11.2 Å². The number of nitrogens with zero attached hydrogens (tertiary/aromatic N) is 3. The number of rotatable bonds is 5. The van der Waals surface area contributed by atoms with E-state index in [9.17, 15) is 4.79 Å². The summed E-state index contributed by atoms with van der Waals surface area (Å²) in [5.41, 5.74) is 1.19. The van der Waals surface area contributed by atoms with E-state index in [1.165, 1.54) is 11.9 Å². The highest BCUT2D eigenvalue weighted by Gasteiger charge is 2.17. The molecule has 0 saturated heterocycles. The summed E-state index contributed by atoms with van der Waals surface area (Å²) in [6, 6.07) is 7.81. The van der Waals surface area contributed by atoms with Crippen LogP contribution in [0.2, 0.25) is 0 Å². The van der Waals surface area contributed by atoms with Crippen molar-refractivity contribution in [3.05, 3.63) is 47.0 Å². The molecule has 0 radical (unpaired) electrons. The summed E-state index contributed by atoms with van der Waals surface area (Å²) in [7, 11) is 0. The molecular weight excluding hydrogens is 320 g/mol. The monoisotopic (exact) mass is 336 g/mol. The van der Waals surface area contributed by atoms with Gasteiger partial charge in [-0.2, -0.15) is 5.10 Å². The van der Waals surface area contributed by atoms with Crippen molar-refractivity contribution in [1.82, 2.24) is 20.1 Å². The molecule has 1 N–H and O–H groups in total. The quantitative estimate of drug-likeness (QED) is 0.911. The Hall–Kier alpha value is -1.69. The van der Waals surface area contributed by atoms with E-state index in [1.54, 1.807) is 17.9 Å². The summed E-state index contributed by atoms with van der Waals surface area (Å²) in [6.45, 7) is 3.80. The maximum absolute atomic E-state index is 12.1. The van der Waals surface area contributed by atoms with Crippen LogP contribution in [-0.4, -0.2) is 26.7 Å². The van der Waals surface area contributed by atoms with Gasteiger partial charge in [-0.15, -0.1) is 0 Å². The molecule has 2 aromatic rings. The molecule has 20 heavy (non-hydrogen) atoms. The van der Waals surface area contributed by atoms with Crippen LogP contribution in [0.25, 0.3) is 0 Å². The van der Waals surface area contributed by atoms with Crippen LogP contribution in [0, 0.1) is 0 Å². The average Bonchev–Trinajstić information content (AvgIpc) is 2.94. The number of amides is 1. The van der Waals surface area contributed by atoms with Crippen LogP contribution in [0.5, 0.6) is 0 Å². The molecule has 0 aliphatic rings. The molecule has 6 heteroatoms. The lowest BCUT2D eigenvalue weighted by Crippen LogP contribution is -2.38. The lowest BCUT2D eigenvalue weighted by atomic mass is 10.1. The van der Waals surface area contributed by atoms with Gasteiger partial charge in [-0.1, -0.05) is 28.1 Å². The maximum Gasteiger partial charge on any atom is 0.244 e. The largest absolute Gasteiger partial charge is 0.351 e. The number of carbonyl (C=O) groups is 1. The van der Waals surface area contributed by atoms with Crippen LogP contribution in [0.1, 0.15) is 25.5 Å². The minimum Gasteiger partial charge on any atom is -0.351 e. The Labute approximate surface area is 126 Å². The Kier molecular flexibility index (Phi) is 4.89. The molecule has 0 fully saturated rings. The number of halogens is 1. The van der Waals surface area contributed by atoms with Crippen LogP contribution >= 0.6 is 15.9 Å². The first-order chi connectivity index (χ1) is 9.56. The van der Waals surface area contributed by atoms with Gasteiger partial charge < -0.3 is 5.32 Å². The fraction of sp³-hybridized carbons (Fsp3) is 0.357. The second kappa shape index (κ2) is 6.65. The molecule has 2 rings (SSSR count). The van der Waals surface area contributed by atoms with Crippen LogP contribution in [0.15, 0.2) is 41.4 Å². The zero-order chi connectivity index (χ0) is 14.5. The van der Waals surface area contributed by atoms with Gasteiger partial charge in [0.1, 0.15) is 18.7 Å². The van der Waals surface area contributed by atoms with E-state index in [1.807, 2.05) is 31.2 Å². The SMILES string of the molecule is C[C@@H](Cc1ccc(Br)cc1)NC(=O)[C@H](C)n1cncn1. The predicted octanol–water partition coefficient (Wildman–Crippen LogP) is 2.35. The summed E-state index contributed by atoms with van der Waals surface area (Å²) in [5, 5.41) is 6.97. The minimum atomic E-state index is -0.357. The normalized spacial score (nSPS) is 13.8. The van der Waals surface area contributed by atoms with E-state index in [2.05, 4.69) is 31.3 Å². The van der Waals surface area contributed by atoms with Crippen molar-refractivity contribution < 1.29 is 4.79 Å². The van der Waals surface area contributed by atoms with Gasteiger partial charge in [0, 0.05) is 10.5 Å². The summed E-state index contributed by atoms with van der Waals surface area (Å²) < 4.78 is 2.60. The first kappa shape index (κ1) is 14.7. The molecule has 106 valence electrons. The summed E-state index contributed by atoms with van der Waals surface area (Å²) >= 11 is 3.41. The molecule has 0 unspecified atom stereocenters. The second-order valence-electron chi connectivity index (χ2n) is 4.79. The first-order valence-corrected chi connectivity index (χ1v) is 7.24. The molecule has 1 aromatic carbocycles. The van der Waals surface area contributed by atoms with Gasteiger partial charge in [0.2, 0.25) is 5.91 Å². The van der Waals surface area contributed by atoms with E-state index >= 15 is 0 Å². The smallest absolute Gasteiger partial charge is 0.244 e. The maximum atomic E-state index is 12.1. The summed E-state index contributed by atoms with van der Waals surface area (Å²) in [4.78, 5) is 15.9. The lowest BCUT2D eigenvalue weighted by Gasteiger charge is -2.17. The molecule has 0 aliphatic heterocycles. The van der Waals surface area contributed by atoms with Crippen molar-refractivity contribution in [2.24, 2.45) is 0 Å². The third kappa shape index (κ3) is 3.90. The number of hydrogen-bond acceptors (Lipinski definition) is 3. The van der Waals surface area contributed by atoms with Crippen molar-refractivity contribution in [2.75, 3.05) is 0 Å². The molecule has 1 heterocycles. The number of aromatic nitrogens is 3. The van der Waals surface area contributed by atoms with Gasteiger partial charge in [-0.25, -0.2) is 9.67 Å². The molecule has 0 spiro atoms. The van der Waals surface area contributed by atoms with E-state index in [-0.39, 0.29) is 18.0 Å². The van der Waals surface area contributed by atoms with Gasteiger partial charge >= 0.3 is 0 Å². The Balaban J connectivity index is 1.89. The average molecular weight is 337 g/mol. The number of benzene rings is 1. The Morgan fingerprint density at radius 1 is 1.35 bits per heavy atom. The van der Waals surface area contributed by atoms with Crippen molar-refractivity contribution in [3.63, 3.8) is 0 Å². The number of carbonyl (C=O) groups excluding carboxylic acids is 1. The van der Waals surface area contributed by atoms with Gasteiger partial charge in [0.25, 0.3) is 0 Å². The minimum absolute atomic E-state index is 0.0555. The van der Waals surface area contributed by atoms with Gasteiger partial charge in [-0.3, -0.25) is 4.79 Å². The highest BCUT2D eigenvalue weighted by atomic mass is 79.9. The Bertz CT molecular complexity index is 553. The fourth-order valence-electron chi connectivity index (χ4n) is 1.93. The zero-order valence-electron chi connectivity index (χ0n) is 11.5. The fourth-order valence-corrected chi connectivity index (χ4v) is 2.19. The standard InChI is InChI=1S/C14H17BrN4O/c1-10(7-12-3-5-13(15)6-4-12)18-14(20)11(2)19-9-16-8-17-19/h3-6,8-11H,7H2,1-2H3,(H,18,20)/t10-,11-/m0/s1. The summed E-state index contributed by atoms with van der Waals surface area (Å²) in [5.74, 6) is -0.0555. The van der Waals surface area contributed by atoms with Crippen molar-refractivity contribution in [3.8, 4) is 0 Å². The third-order valence-corrected chi connectivity index (χ3v) is 3.59. The molecule has 1 aromatic heterocycles. The van der Waals surface area contributed by atoms with E-state index < -0.39 is 0 Å². The highest BCUT2D eigenvalue weighted by Crippen LogP contribution is 2.12. The zero-order valence-corrected chi connectivity index (χ0v) is 13.0. The van der Waals surface area contributed by atoms with Crippen molar-refractivity contribution in [2.45, 2.75) is 32.4 Å². The van der Waals surface area contributed by atoms with Crippen LogP contribution in [0.4, 0.5) is 0 Å². The van der Waals surface area contributed by atoms with E-state index in [0.29, 0.717) is 0 Å². The molecule has 2 atom stereocenters. The topological polar surface area (TPSA) is 59.8 Å². The molecule has 0 aliphatic carbocycles. The van der Waals surface area contributed by atoms with E-state index in [4.69, 9.17) is 0 Å². The van der Waals surface area contributed by atoms with Gasteiger partial charge in [0.05, 0.1) is 0 Å². The predicted molar refractivity (Wildman–Crippen MR) is 80.2 cm³/mol. The lowest BCUT2D eigenvalue weighted by molar-refractivity contribution is -0.124. The van der Waals surface area contributed by atoms with Crippen LogP contribution in [0.3, 0.4) is 0 Å². The van der Waals surface area contributed by atoms with Crippen molar-refractivity contribution in [1.29, 1.82) is 0 Å². The molecule has 0 saturated carbocycles. The first-order valence-electron chi connectivity index (χ1n) is 6.45. The van der Waals surface area contributed by atoms with Crippen LogP contribution < -0.4 is 5.32 Å². The molecule has 1 amide bonds. The molecule has 5 nitrogen and oxygen atoms in total. The highest BCUT2D eigenvalue weighted by molar-refractivity contribution is 9.10. The Morgan fingerprint density at radius 2 is 2.05 bits per heavy atom. The van der Waals surface area contributed by atoms with Crippen molar-refractivity contribution >= 4 is 21.8 Å². The molecular formula is C14H17BrN4O. The summed E-state index contributed by atoms with van der Waals surface area (Å²) in [6.07, 6.45) is 3.77. The third-order valence-electron chi connectivity index (χ3n) is 3.06. The molecule has 0 bridgehead atoms.